The maximum atomic E-state index is 15.2. The van der Waals surface area contributed by atoms with Crippen molar-refractivity contribution in [1.82, 2.24) is 4.98 Å². The van der Waals surface area contributed by atoms with E-state index in [4.69, 9.17) is 9.47 Å². The normalized spacial score (nSPS) is 17.2. The Morgan fingerprint density at radius 3 is 2.38 bits per heavy atom. The number of benzene rings is 4. The van der Waals surface area contributed by atoms with Crippen LogP contribution in [0.2, 0.25) is 0 Å². The minimum Gasteiger partial charge on any atom is -0.497 e. The number of fused-ring (bicyclic) bond motifs is 2. The zero-order valence-electron chi connectivity index (χ0n) is 24.3. The number of nitrogens with one attached hydrogen (secondary N) is 1. The van der Waals surface area contributed by atoms with Crippen LogP contribution in [0.15, 0.2) is 109 Å². The summed E-state index contributed by atoms with van der Waals surface area (Å²) in [5, 5.41) is 1.03. The number of ether oxygens (including phenoxy) is 2. The molecule has 1 aromatic heterocycles. The van der Waals surface area contributed by atoms with Gasteiger partial charge in [0.05, 0.1) is 18.2 Å². The van der Waals surface area contributed by atoms with Crippen LogP contribution in [0.25, 0.3) is 10.9 Å². The molecule has 42 heavy (non-hydrogen) atoms. The molecule has 1 N–H and O–H groups in total. The molecule has 2 heterocycles. The SMILES string of the molecule is COc1cccc(C[C@]2([C@H](c3ccccc3)c3c[nH]c4ccccc34)C(=O)N(C(=O)OC(C)(C)C)c3ccccc32)c1. The molecule has 0 fully saturated rings. The second-order valence-electron chi connectivity index (χ2n) is 11.8. The van der Waals surface area contributed by atoms with Gasteiger partial charge in [0.25, 0.3) is 0 Å². The van der Waals surface area contributed by atoms with Crippen molar-refractivity contribution >= 4 is 28.6 Å². The molecular weight excluding hydrogens is 524 g/mol. The van der Waals surface area contributed by atoms with Gasteiger partial charge in [0.2, 0.25) is 5.91 Å². The van der Waals surface area contributed by atoms with Crippen molar-refractivity contribution < 1.29 is 19.1 Å². The summed E-state index contributed by atoms with van der Waals surface area (Å²) in [6, 6.07) is 33.6. The average molecular weight is 559 g/mol. The number of anilines is 1. The van der Waals surface area contributed by atoms with E-state index in [1.54, 1.807) is 27.9 Å². The van der Waals surface area contributed by atoms with E-state index < -0.39 is 23.0 Å². The number of amides is 2. The lowest BCUT2D eigenvalue weighted by atomic mass is 9.62. The summed E-state index contributed by atoms with van der Waals surface area (Å²) >= 11 is 0. The summed E-state index contributed by atoms with van der Waals surface area (Å²) in [4.78, 5) is 33.7. The van der Waals surface area contributed by atoms with E-state index in [0.29, 0.717) is 17.9 Å². The van der Waals surface area contributed by atoms with E-state index in [1.165, 1.54) is 4.90 Å². The van der Waals surface area contributed by atoms with Crippen LogP contribution in [-0.4, -0.2) is 29.7 Å². The van der Waals surface area contributed by atoms with E-state index in [9.17, 15) is 4.79 Å². The van der Waals surface area contributed by atoms with Crippen LogP contribution in [0.3, 0.4) is 0 Å². The second-order valence-corrected chi connectivity index (χ2v) is 11.8. The Kier molecular flexibility index (Phi) is 6.85. The summed E-state index contributed by atoms with van der Waals surface area (Å²) in [7, 11) is 1.63. The highest BCUT2D eigenvalue weighted by Gasteiger charge is 2.58. The molecule has 1 aliphatic heterocycles. The number of H-pyrrole nitrogens is 1. The highest BCUT2D eigenvalue weighted by Crippen LogP contribution is 2.55. The summed E-state index contributed by atoms with van der Waals surface area (Å²) in [5.74, 6) is -0.0595. The van der Waals surface area contributed by atoms with Gasteiger partial charge < -0.3 is 14.5 Å². The number of rotatable bonds is 6. The average Bonchev–Trinajstić information content (AvgIpc) is 3.50. The third-order valence-electron chi connectivity index (χ3n) is 7.96. The Morgan fingerprint density at radius 1 is 0.905 bits per heavy atom. The van der Waals surface area contributed by atoms with E-state index in [1.807, 2.05) is 91.1 Å². The zero-order chi connectivity index (χ0) is 29.5. The van der Waals surface area contributed by atoms with Crippen molar-refractivity contribution in [2.24, 2.45) is 0 Å². The molecule has 6 rings (SSSR count). The fraction of sp³-hybridized carbons (Fsp3) is 0.222. The maximum Gasteiger partial charge on any atom is 0.421 e. The molecule has 0 spiro atoms. The van der Waals surface area contributed by atoms with Gasteiger partial charge in [-0.25, -0.2) is 9.69 Å². The lowest BCUT2D eigenvalue weighted by molar-refractivity contribution is -0.123. The van der Waals surface area contributed by atoms with Gasteiger partial charge >= 0.3 is 6.09 Å². The molecule has 0 radical (unpaired) electrons. The third kappa shape index (κ3) is 4.63. The van der Waals surface area contributed by atoms with Gasteiger partial charge in [0.15, 0.2) is 0 Å². The number of carbonyl (C=O) groups excluding carboxylic acids is 2. The summed E-state index contributed by atoms with van der Waals surface area (Å²) in [6.07, 6.45) is 1.65. The molecule has 2 amide bonds. The Hall–Kier alpha value is -4.84. The highest BCUT2D eigenvalue weighted by molar-refractivity contribution is 6.22. The first-order valence-corrected chi connectivity index (χ1v) is 14.1. The van der Waals surface area contributed by atoms with E-state index in [-0.39, 0.29) is 5.91 Å². The van der Waals surface area contributed by atoms with Crippen molar-refractivity contribution in [2.75, 3.05) is 12.0 Å². The number of hydrogen-bond donors (Lipinski definition) is 1. The Bertz CT molecular complexity index is 1770. The van der Waals surface area contributed by atoms with Crippen molar-refractivity contribution in [3.63, 3.8) is 0 Å². The predicted molar refractivity (Wildman–Crippen MR) is 165 cm³/mol. The highest BCUT2D eigenvalue weighted by atomic mass is 16.6. The van der Waals surface area contributed by atoms with Crippen LogP contribution in [0.1, 0.15) is 48.9 Å². The molecule has 0 aliphatic carbocycles. The molecule has 4 aromatic carbocycles. The number of methoxy groups -OCH3 is 1. The van der Waals surface area contributed by atoms with E-state index >= 15 is 4.79 Å². The molecule has 6 heteroatoms. The van der Waals surface area contributed by atoms with Gasteiger partial charge in [-0.1, -0.05) is 78.9 Å². The van der Waals surface area contributed by atoms with E-state index in [0.717, 1.165) is 33.2 Å². The molecule has 6 nitrogen and oxygen atoms in total. The lowest BCUT2D eigenvalue weighted by Gasteiger charge is -2.37. The van der Waals surface area contributed by atoms with E-state index in [2.05, 4.69) is 23.2 Å². The van der Waals surface area contributed by atoms with Gasteiger partial charge in [0.1, 0.15) is 11.4 Å². The van der Waals surface area contributed by atoms with Crippen LogP contribution in [0.5, 0.6) is 5.75 Å². The number of para-hydroxylation sites is 2. The van der Waals surface area contributed by atoms with Crippen LogP contribution >= 0.6 is 0 Å². The molecule has 1 aliphatic rings. The Morgan fingerprint density at radius 2 is 1.62 bits per heavy atom. The Labute approximate surface area is 245 Å². The van der Waals surface area contributed by atoms with Gasteiger partial charge in [-0.3, -0.25) is 4.79 Å². The van der Waals surface area contributed by atoms with Gasteiger partial charge in [-0.2, -0.15) is 0 Å². The number of hydrogen-bond acceptors (Lipinski definition) is 4. The molecule has 0 bridgehead atoms. The maximum absolute atomic E-state index is 15.2. The molecule has 212 valence electrons. The van der Waals surface area contributed by atoms with Crippen molar-refractivity contribution in [2.45, 2.75) is 44.1 Å². The first-order valence-electron chi connectivity index (χ1n) is 14.1. The fourth-order valence-electron chi connectivity index (χ4n) is 6.32. The molecule has 0 saturated carbocycles. The topological polar surface area (TPSA) is 71.6 Å². The van der Waals surface area contributed by atoms with Crippen molar-refractivity contribution in [1.29, 1.82) is 0 Å². The Balaban J connectivity index is 1.67. The second kappa shape index (κ2) is 10.5. The minimum atomic E-state index is -1.19. The number of aromatic amines is 1. The van der Waals surface area contributed by atoms with Crippen LogP contribution in [0.4, 0.5) is 10.5 Å². The van der Waals surface area contributed by atoms with Gasteiger partial charge in [-0.05, 0) is 73.7 Å². The largest absolute Gasteiger partial charge is 0.497 e. The number of nitrogens with zero attached hydrogens (tertiary/aromatic N) is 1. The molecule has 2 atom stereocenters. The summed E-state index contributed by atoms with van der Waals surface area (Å²) in [6.45, 7) is 5.42. The third-order valence-corrected chi connectivity index (χ3v) is 7.96. The predicted octanol–water partition coefficient (Wildman–Crippen LogP) is 7.77. The first kappa shape index (κ1) is 27.3. The van der Waals surface area contributed by atoms with Crippen molar-refractivity contribution in [3.05, 3.63) is 132 Å². The smallest absolute Gasteiger partial charge is 0.421 e. The lowest BCUT2D eigenvalue weighted by Crippen LogP contribution is -2.49. The monoisotopic (exact) mass is 558 g/mol. The van der Waals surface area contributed by atoms with Crippen LogP contribution < -0.4 is 9.64 Å². The number of aromatic nitrogens is 1. The van der Waals surface area contributed by atoms with Crippen molar-refractivity contribution in [3.8, 4) is 5.75 Å². The first-order chi connectivity index (χ1) is 20.2. The molecule has 5 aromatic rings. The summed E-state index contributed by atoms with van der Waals surface area (Å²) < 4.78 is 11.4. The zero-order valence-corrected chi connectivity index (χ0v) is 24.3. The molecule has 0 unspecified atom stereocenters. The quantitative estimate of drug-likeness (QED) is 0.231. The van der Waals surface area contributed by atoms with Crippen LogP contribution in [0, 0.1) is 0 Å². The number of carbonyl (C=O) groups is 2. The summed E-state index contributed by atoms with van der Waals surface area (Å²) in [5.41, 5.74) is 3.21. The standard InChI is InChI=1S/C36H34N2O4/c1-35(2,3)42-34(40)38-31-20-11-9-18-29(31)36(33(38)39,22-24-13-12-16-26(21-24)41-4)32(25-14-6-5-7-15-25)28-23-37-30-19-10-8-17-27(28)30/h5-21,23,32,37H,22H2,1-4H3/t32-,36+/m1/s1. The van der Waals surface area contributed by atoms with Gasteiger partial charge in [0, 0.05) is 23.0 Å². The fourth-order valence-corrected chi connectivity index (χ4v) is 6.32. The molecule has 0 saturated heterocycles. The van der Waals surface area contributed by atoms with Crippen LogP contribution in [-0.2, 0) is 21.4 Å². The number of imide groups is 1. The van der Waals surface area contributed by atoms with Gasteiger partial charge in [-0.15, -0.1) is 0 Å². The minimum absolute atomic E-state index is 0.320. The molecular formula is C36H34N2O4.